The highest BCUT2D eigenvalue weighted by Gasteiger charge is 2.12. The fourth-order valence-corrected chi connectivity index (χ4v) is 0.867. The summed E-state index contributed by atoms with van der Waals surface area (Å²) in [7, 11) is 1.27. The van der Waals surface area contributed by atoms with E-state index in [1.165, 1.54) is 7.11 Å². The van der Waals surface area contributed by atoms with Crippen LogP contribution >= 0.6 is 0 Å². The molecule has 0 unspecified atom stereocenters. The van der Waals surface area contributed by atoms with Crippen molar-refractivity contribution in [3.8, 4) is 0 Å². The van der Waals surface area contributed by atoms with Gasteiger partial charge in [0.15, 0.2) is 0 Å². The smallest absolute Gasteiger partial charge is 0.407 e. The van der Waals surface area contributed by atoms with Gasteiger partial charge in [0.25, 0.3) is 0 Å². The minimum absolute atomic E-state index is 0.373. The summed E-state index contributed by atoms with van der Waals surface area (Å²) in [6.45, 7) is 3.96. The largest absolute Gasteiger partial charge is 0.453 e. The lowest BCUT2D eigenvalue weighted by Gasteiger charge is -2.13. The molecule has 0 aromatic rings. The zero-order chi connectivity index (χ0) is 9.56. The van der Waals surface area contributed by atoms with Crippen molar-refractivity contribution >= 4 is 12.4 Å². The van der Waals surface area contributed by atoms with E-state index in [1.807, 2.05) is 13.8 Å². The van der Waals surface area contributed by atoms with E-state index in [4.69, 9.17) is 0 Å². The fourth-order valence-electron chi connectivity index (χ4n) is 0.867. The van der Waals surface area contributed by atoms with Crippen LogP contribution in [0.4, 0.5) is 4.79 Å². The maximum atomic E-state index is 10.7. The third kappa shape index (κ3) is 4.71. The van der Waals surface area contributed by atoms with Gasteiger partial charge < -0.3 is 14.8 Å². The molecule has 1 N–H and O–H groups in total. The average molecular weight is 173 g/mol. The molecule has 0 aliphatic carbocycles. The molecule has 0 saturated heterocycles. The first-order chi connectivity index (χ1) is 5.60. The highest BCUT2D eigenvalue weighted by atomic mass is 16.5. The van der Waals surface area contributed by atoms with Gasteiger partial charge >= 0.3 is 6.09 Å². The number of alkyl carbamates (subject to hydrolysis) is 1. The van der Waals surface area contributed by atoms with Crippen molar-refractivity contribution in [2.45, 2.75) is 26.3 Å². The maximum Gasteiger partial charge on any atom is 0.407 e. The summed E-state index contributed by atoms with van der Waals surface area (Å²) >= 11 is 0. The normalized spacial score (nSPS) is 12.3. The first kappa shape index (κ1) is 10.9. The number of ether oxygens (including phenoxy) is 1. The standard InChI is InChI=1S/C8H15NO3/c1-6(2)4-7(5-10)9-8(11)12-3/h5-7H,4H2,1-3H3,(H,9,11)/t7-/m0/s1. The summed E-state index contributed by atoms with van der Waals surface area (Å²) in [4.78, 5) is 21.1. The molecule has 0 aliphatic heterocycles. The highest BCUT2D eigenvalue weighted by molar-refractivity contribution is 5.72. The number of methoxy groups -OCH3 is 1. The molecule has 0 fully saturated rings. The number of rotatable bonds is 4. The number of hydrogen-bond acceptors (Lipinski definition) is 3. The Labute approximate surface area is 72.3 Å². The lowest BCUT2D eigenvalue weighted by Crippen LogP contribution is -2.36. The summed E-state index contributed by atoms with van der Waals surface area (Å²) in [6.07, 6.45) is 0.794. The highest BCUT2D eigenvalue weighted by Crippen LogP contribution is 2.02. The van der Waals surface area contributed by atoms with Crippen LogP contribution in [0.25, 0.3) is 0 Å². The van der Waals surface area contributed by atoms with Crippen LogP contribution < -0.4 is 5.32 Å². The molecule has 70 valence electrons. The van der Waals surface area contributed by atoms with E-state index in [2.05, 4.69) is 10.1 Å². The summed E-state index contributed by atoms with van der Waals surface area (Å²) in [5, 5.41) is 2.42. The van der Waals surface area contributed by atoms with Crippen molar-refractivity contribution < 1.29 is 14.3 Å². The van der Waals surface area contributed by atoms with Gasteiger partial charge in [-0.2, -0.15) is 0 Å². The molecule has 0 rings (SSSR count). The van der Waals surface area contributed by atoms with Gasteiger partial charge in [-0.1, -0.05) is 13.8 Å². The third-order valence-corrected chi connectivity index (χ3v) is 1.38. The van der Waals surface area contributed by atoms with Crippen LogP contribution in [0.5, 0.6) is 0 Å². The van der Waals surface area contributed by atoms with Gasteiger partial charge in [0.05, 0.1) is 13.2 Å². The van der Waals surface area contributed by atoms with E-state index in [0.717, 1.165) is 6.29 Å². The SMILES string of the molecule is COC(=O)N[C@H](C=O)CC(C)C. The minimum atomic E-state index is -0.562. The number of nitrogens with one attached hydrogen (secondary N) is 1. The zero-order valence-electron chi connectivity index (χ0n) is 7.66. The van der Waals surface area contributed by atoms with Gasteiger partial charge in [-0.05, 0) is 12.3 Å². The molecule has 0 spiro atoms. The molecular weight excluding hydrogens is 158 g/mol. The molecule has 0 radical (unpaired) electrons. The van der Waals surface area contributed by atoms with Gasteiger partial charge in [0.1, 0.15) is 6.29 Å². The number of aldehydes is 1. The van der Waals surface area contributed by atoms with Gasteiger partial charge in [-0.3, -0.25) is 0 Å². The molecule has 4 nitrogen and oxygen atoms in total. The number of amides is 1. The first-order valence-electron chi connectivity index (χ1n) is 3.90. The fraction of sp³-hybridized carbons (Fsp3) is 0.750. The Hall–Kier alpha value is -1.06. The molecule has 0 bridgehead atoms. The Morgan fingerprint density at radius 3 is 2.50 bits per heavy atom. The van der Waals surface area contributed by atoms with Crippen molar-refractivity contribution in [1.82, 2.24) is 5.32 Å². The Kier molecular flexibility index (Phi) is 5.08. The molecule has 0 aromatic carbocycles. The quantitative estimate of drug-likeness (QED) is 0.644. The summed E-state index contributed by atoms with van der Waals surface area (Å²) in [6, 6.07) is -0.433. The Bertz CT molecular complexity index is 156. The topological polar surface area (TPSA) is 55.4 Å². The van der Waals surface area contributed by atoms with Gasteiger partial charge in [0, 0.05) is 0 Å². The summed E-state index contributed by atoms with van der Waals surface area (Å²) < 4.78 is 4.36. The molecule has 1 amide bonds. The predicted molar refractivity (Wildman–Crippen MR) is 44.8 cm³/mol. The molecule has 1 atom stereocenters. The Morgan fingerprint density at radius 1 is 1.58 bits per heavy atom. The lowest BCUT2D eigenvalue weighted by atomic mass is 10.1. The summed E-state index contributed by atoms with van der Waals surface area (Å²) in [5.74, 6) is 0.373. The van der Waals surface area contributed by atoms with Crippen LogP contribution in [0.15, 0.2) is 0 Å². The zero-order valence-corrected chi connectivity index (χ0v) is 7.66. The first-order valence-corrected chi connectivity index (χ1v) is 3.90. The second-order valence-electron chi connectivity index (χ2n) is 3.01. The van der Waals surface area contributed by atoms with Crippen LogP contribution in [0.3, 0.4) is 0 Å². The second kappa shape index (κ2) is 5.57. The van der Waals surface area contributed by atoms with E-state index in [0.29, 0.717) is 12.3 Å². The number of hydrogen-bond donors (Lipinski definition) is 1. The summed E-state index contributed by atoms with van der Waals surface area (Å²) in [5.41, 5.74) is 0. The molecule has 0 heterocycles. The van der Waals surface area contributed by atoms with Crippen molar-refractivity contribution in [3.05, 3.63) is 0 Å². The minimum Gasteiger partial charge on any atom is -0.453 e. The maximum absolute atomic E-state index is 10.7. The van der Waals surface area contributed by atoms with Crippen LogP contribution in [-0.2, 0) is 9.53 Å². The predicted octanol–water partition coefficient (Wildman–Crippen LogP) is 0.956. The van der Waals surface area contributed by atoms with Gasteiger partial charge in [-0.15, -0.1) is 0 Å². The van der Waals surface area contributed by atoms with Crippen molar-refractivity contribution in [1.29, 1.82) is 0 Å². The molecule has 12 heavy (non-hydrogen) atoms. The monoisotopic (exact) mass is 173 g/mol. The van der Waals surface area contributed by atoms with E-state index in [9.17, 15) is 9.59 Å². The molecule has 0 saturated carbocycles. The Balaban J connectivity index is 3.82. The van der Waals surface area contributed by atoms with E-state index < -0.39 is 12.1 Å². The Morgan fingerprint density at radius 2 is 2.17 bits per heavy atom. The molecule has 4 heteroatoms. The van der Waals surface area contributed by atoms with E-state index in [1.54, 1.807) is 0 Å². The van der Waals surface area contributed by atoms with Gasteiger partial charge in [0.2, 0.25) is 0 Å². The third-order valence-electron chi connectivity index (χ3n) is 1.38. The van der Waals surface area contributed by atoms with Crippen molar-refractivity contribution in [3.63, 3.8) is 0 Å². The van der Waals surface area contributed by atoms with Crippen LogP contribution in [0.1, 0.15) is 20.3 Å². The lowest BCUT2D eigenvalue weighted by molar-refractivity contribution is -0.109. The molecule has 0 aromatic heterocycles. The van der Waals surface area contributed by atoms with Crippen LogP contribution in [0.2, 0.25) is 0 Å². The number of carbonyl (C=O) groups is 2. The average Bonchev–Trinajstić information content (AvgIpc) is 2.02. The second-order valence-corrected chi connectivity index (χ2v) is 3.01. The van der Waals surface area contributed by atoms with Crippen molar-refractivity contribution in [2.75, 3.05) is 7.11 Å². The van der Waals surface area contributed by atoms with E-state index in [-0.39, 0.29) is 0 Å². The van der Waals surface area contributed by atoms with Gasteiger partial charge in [-0.25, -0.2) is 4.79 Å². The van der Waals surface area contributed by atoms with Crippen molar-refractivity contribution in [2.24, 2.45) is 5.92 Å². The van der Waals surface area contributed by atoms with Crippen LogP contribution in [-0.4, -0.2) is 25.5 Å². The van der Waals surface area contributed by atoms with E-state index >= 15 is 0 Å². The molecular formula is C8H15NO3. The van der Waals surface area contributed by atoms with Crippen LogP contribution in [0, 0.1) is 5.92 Å². The number of carbonyl (C=O) groups excluding carboxylic acids is 2. The molecule has 0 aliphatic rings.